The van der Waals surface area contributed by atoms with Gasteiger partial charge < -0.3 is 10.2 Å². The predicted octanol–water partition coefficient (Wildman–Crippen LogP) is 4.91. The van der Waals surface area contributed by atoms with Gasteiger partial charge >= 0.3 is 6.03 Å². The smallest absolute Gasteiger partial charge is 0.314 e. The maximum atomic E-state index is 14.2. The number of amides is 2. The Hall–Kier alpha value is -4.00. The summed E-state index contributed by atoms with van der Waals surface area (Å²) in [4.78, 5) is 32.5. The molecule has 0 saturated heterocycles. The van der Waals surface area contributed by atoms with Crippen molar-refractivity contribution in [1.29, 1.82) is 0 Å². The van der Waals surface area contributed by atoms with Crippen LogP contribution in [-0.2, 0) is 13.5 Å². The van der Waals surface area contributed by atoms with Crippen LogP contribution in [0.4, 0.5) is 14.9 Å². The van der Waals surface area contributed by atoms with Crippen LogP contribution in [-0.4, -0.2) is 27.0 Å². The van der Waals surface area contributed by atoms with Gasteiger partial charge in [0.15, 0.2) is 0 Å². The molecule has 4 rings (SSSR count). The Morgan fingerprint density at radius 1 is 1.03 bits per heavy atom. The van der Waals surface area contributed by atoms with Crippen LogP contribution in [0.25, 0.3) is 10.9 Å². The van der Waals surface area contributed by atoms with E-state index in [-0.39, 0.29) is 11.2 Å². The topological polar surface area (TPSA) is 67.2 Å². The highest BCUT2D eigenvalue weighted by atomic mass is 19.1. The zero-order valence-corrected chi connectivity index (χ0v) is 18.5. The molecule has 33 heavy (non-hydrogen) atoms. The van der Waals surface area contributed by atoms with Gasteiger partial charge in [0.2, 0.25) is 0 Å². The number of para-hydroxylation sites is 2. The van der Waals surface area contributed by atoms with Crippen LogP contribution in [0.2, 0.25) is 0 Å². The molecule has 0 radical (unpaired) electrons. The molecule has 1 heterocycles. The lowest BCUT2D eigenvalue weighted by atomic mass is 10.1. The number of rotatable bonds is 6. The highest BCUT2D eigenvalue weighted by molar-refractivity contribution is 5.89. The Kier molecular flexibility index (Phi) is 6.49. The minimum atomic E-state index is -0.539. The summed E-state index contributed by atoms with van der Waals surface area (Å²) in [5.74, 6) is -0.0619. The number of anilines is 1. The highest BCUT2D eigenvalue weighted by Gasteiger charge is 2.26. The number of carbonyl (C=O) groups excluding carboxylic acids is 1. The lowest BCUT2D eigenvalue weighted by Gasteiger charge is -2.30. The SMILES string of the molecule is CC(c1nc2ccccc2c(=O)n1C)N(CCc1ccccc1)C(=O)Nc1ccccc1F. The molecule has 2 amide bonds. The standard InChI is InChI=1S/C26H25FN4O2/c1-18(24-28-22-14-8-6-12-20(22)25(32)30(24)2)31(17-16-19-10-4-3-5-11-19)26(33)29-23-15-9-7-13-21(23)27/h3-15,18H,16-17H2,1-2H3,(H,29,33). The van der Waals surface area contributed by atoms with Crippen LogP contribution in [0.5, 0.6) is 0 Å². The molecule has 168 valence electrons. The second-order valence-corrected chi connectivity index (χ2v) is 7.87. The summed E-state index contributed by atoms with van der Waals surface area (Å²) in [6.07, 6.45) is 0.595. The number of nitrogens with one attached hydrogen (secondary N) is 1. The first kappa shape index (κ1) is 22.2. The van der Waals surface area contributed by atoms with Crippen molar-refractivity contribution < 1.29 is 9.18 Å². The molecular formula is C26H25FN4O2. The fourth-order valence-electron chi connectivity index (χ4n) is 3.86. The van der Waals surface area contributed by atoms with Gasteiger partial charge in [-0.3, -0.25) is 9.36 Å². The highest BCUT2D eigenvalue weighted by Crippen LogP contribution is 2.22. The number of hydrogen-bond acceptors (Lipinski definition) is 3. The Labute approximate surface area is 191 Å². The number of carbonyl (C=O) groups is 1. The van der Waals surface area contributed by atoms with Crippen molar-refractivity contribution in [3.63, 3.8) is 0 Å². The van der Waals surface area contributed by atoms with Crippen molar-refractivity contribution in [3.05, 3.63) is 106 Å². The van der Waals surface area contributed by atoms with Crippen molar-refractivity contribution in [3.8, 4) is 0 Å². The molecule has 1 aromatic heterocycles. The lowest BCUT2D eigenvalue weighted by Crippen LogP contribution is -2.41. The van der Waals surface area contributed by atoms with Crippen LogP contribution in [0.15, 0.2) is 83.7 Å². The summed E-state index contributed by atoms with van der Waals surface area (Å²) in [5.41, 5.74) is 1.55. The molecule has 1 N–H and O–H groups in total. The van der Waals surface area contributed by atoms with Gasteiger partial charge in [-0.15, -0.1) is 0 Å². The van der Waals surface area contributed by atoms with Crippen LogP contribution < -0.4 is 10.9 Å². The third-order valence-corrected chi connectivity index (χ3v) is 5.72. The summed E-state index contributed by atoms with van der Waals surface area (Å²) in [6.45, 7) is 2.18. The number of benzene rings is 3. The number of aromatic nitrogens is 2. The van der Waals surface area contributed by atoms with Crippen LogP contribution in [0, 0.1) is 5.82 Å². The maximum absolute atomic E-state index is 14.2. The summed E-state index contributed by atoms with van der Waals surface area (Å²) < 4.78 is 15.7. The van der Waals surface area contributed by atoms with E-state index in [0.717, 1.165) is 5.56 Å². The van der Waals surface area contributed by atoms with E-state index in [1.165, 1.54) is 16.7 Å². The molecule has 0 fully saturated rings. The van der Waals surface area contributed by atoms with Crippen molar-refractivity contribution in [2.45, 2.75) is 19.4 Å². The maximum Gasteiger partial charge on any atom is 0.322 e. The lowest BCUT2D eigenvalue weighted by molar-refractivity contribution is 0.189. The molecular weight excluding hydrogens is 419 g/mol. The molecule has 1 atom stereocenters. The van der Waals surface area contributed by atoms with E-state index in [0.29, 0.717) is 29.7 Å². The molecule has 0 aliphatic heterocycles. The van der Waals surface area contributed by atoms with Gasteiger partial charge in [0.05, 0.1) is 22.6 Å². The van der Waals surface area contributed by atoms with Gasteiger partial charge in [0.25, 0.3) is 5.56 Å². The molecule has 3 aromatic carbocycles. The van der Waals surface area contributed by atoms with Gasteiger partial charge in [0, 0.05) is 13.6 Å². The van der Waals surface area contributed by atoms with Gasteiger partial charge in [-0.25, -0.2) is 14.2 Å². The molecule has 7 heteroatoms. The number of halogens is 1. The predicted molar refractivity (Wildman–Crippen MR) is 128 cm³/mol. The molecule has 0 bridgehead atoms. The van der Waals surface area contributed by atoms with Crippen molar-refractivity contribution >= 4 is 22.6 Å². The molecule has 0 aliphatic carbocycles. The van der Waals surface area contributed by atoms with E-state index >= 15 is 0 Å². The zero-order chi connectivity index (χ0) is 23.4. The van der Waals surface area contributed by atoms with Gasteiger partial charge in [-0.05, 0) is 43.2 Å². The van der Waals surface area contributed by atoms with E-state index in [9.17, 15) is 14.0 Å². The largest absolute Gasteiger partial charge is 0.322 e. The number of fused-ring (bicyclic) bond motifs is 1. The monoisotopic (exact) mass is 444 g/mol. The van der Waals surface area contributed by atoms with Crippen LogP contribution in [0.3, 0.4) is 0 Å². The number of nitrogens with zero attached hydrogens (tertiary/aromatic N) is 3. The van der Waals surface area contributed by atoms with E-state index < -0.39 is 17.9 Å². The van der Waals surface area contributed by atoms with Crippen LogP contribution in [0.1, 0.15) is 24.4 Å². The van der Waals surface area contributed by atoms with Crippen molar-refractivity contribution in [2.75, 3.05) is 11.9 Å². The summed E-state index contributed by atoms with van der Waals surface area (Å²) in [7, 11) is 1.65. The van der Waals surface area contributed by atoms with E-state index in [2.05, 4.69) is 10.3 Å². The minimum absolute atomic E-state index is 0.0970. The quantitative estimate of drug-likeness (QED) is 0.460. The molecule has 4 aromatic rings. The zero-order valence-electron chi connectivity index (χ0n) is 18.5. The van der Waals surface area contributed by atoms with Gasteiger partial charge in [-0.2, -0.15) is 0 Å². The summed E-state index contributed by atoms with van der Waals surface area (Å²) >= 11 is 0. The van der Waals surface area contributed by atoms with Gasteiger partial charge in [0.1, 0.15) is 11.6 Å². The average Bonchev–Trinajstić information content (AvgIpc) is 2.83. The van der Waals surface area contributed by atoms with E-state index in [4.69, 9.17) is 0 Å². The molecule has 0 aliphatic rings. The number of urea groups is 1. The van der Waals surface area contributed by atoms with E-state index in [1.807, 2.05) is 43.3 Å². The Morgan fingerprint density at radius 3 is 2.45 bits per heavy atom. The molecule has 6 nitrogen and oxygen atoms in total. The second kappa shape index (κ2) is 9.65. The molecule has 0 saturated carbocycles. The Bertz CT molecular complexity index is 1340. The Morgan fingerprint density at radius 2 is 1.70 bits per heavy atom. The van der Waals surface area contributed by atoms with Crippen LogP contribution >= 0.6 is 0 Å². The fraction of sp³-hybridized carbons (Fsp3) is 0.192. The first-order valence-corrected chi connectivity index (χ1v) is 10.8. The Balaban J connectivity index is 1.69. The minimum Gasteiger partial charge on any atom is -0.314 e. The first-order chi connectivity index (χ1) is 16.0. The van der Waals surface area contributed by atoms with Crippen molar-refractivity contribution in [1.82, 2.24) is 14.5 Å². The average molecular weight is 445 g/mol. The third-order valence-electron chi connectivity index (χ3n) is 5.72. The third kappa shape index (κ3) is 4.77. The van der Waals surface area contributed by atoms with Gasteiger partial charge in [-0.1, -0.05) is 54.6 Å². The fourth-order valence-corrected chi connectivity index (χ4v) is 3.86. The summed E-state index contributed by atoms with van der Waals surface area (Å²) in [6, 6.07) is 21.9. The molecule has 1 unspecified atom stereocenters. The van der Waals surface area contributed by atoms with Crippen molar-refractivity contribution in [2.24, 2.45) is 7.05 Å². The normalized spacial score (nSPS) is 11.8. The first-order valence-electron chi connectivity index (χ1n) is 10.8. The van der Waals surface area contributed by atoms with E-state index in [1.54, 1.807) is 42.3 Å². The number of hydrogen-bond donors (Lipinski definition) is 1. The summed E-state index contributed by atoms with van der Waals surface area (Å²) in [5, 5.41) is 3.18. The second-order valence-electron chi connectivity index (χ2n) is 7.87. The molecule has 0 spiro atoms.